The topological polar surface area (TPSA) is 231 Å². The number of aliphatic hydroxyl groups is 7. The summed E-state index contributed by atoms with van der Waals surface area (Å²) in [5.41, 5.74) is 0. The van der Waals surface area contributed by atoms with Gasteiger partial charge in [0.2, 0.25) is 0 Å². The van der Waals surface area contributed by atoms with Crippen molar-refractivity contribution in [2.75, 3.05) is 26.4 Å². The van der Waals surface area contributed by atoms with E-state index in [4.69, 9.17) is 28.4 Å². The van der Waals surface area contributed by atoms with Crippen LogP contribution >= 0.6 is 0 Å². The van der Waals surface area contributed by atoms with E-state index in [9.17, 15) is 45.3 Å². The van der Waals surface area contributed by atoms with Crippen molar-refractivity contribution in [3.8, 4) is 0 Å². The maximum absolute atomic E-state index is 13.1. The van der Waals surface area contributed by atoms with E-state index in [-0.39, 0.29) is 26.1 Å². The first kappa shape index (κ1) is 65.4. The Morgan fingerprint density at radius 1 is 0.437 bits per heavy atom. The van der Waals surface area contributed by atoms with Gasteiger partial charge in [0.15, 0.2) is 18.7 Å². The van der Waals surface area contributed by atoms with Gasteiger partial charge in [-0.05, 0) is 38.5 Å². The van der Waals surface area contributed by atoms with Crippen LogP contribution in [0.2, 0.25) is 0 Å². The third kappa shape index (κ3) is 31.0. The standard InChI is InChI=1S/C56H104O15/c1-3-5-7-9-11-13-15-17-19-20-21-22-23-25-27-29-31-33-35-37-39-48(59)69-44(41-66-47(58)38-36-34-32-30-28-26-24-18-16-14-12-10-8-6-4-2)42-67-55-54(65)52(63)50(61)46(71-55)43-68-56-53(64)51(62)49(60)45(40-57)70-56/h18,24,44-46,49-57,60-65H,3-17,19-23,25-43H2,1-2H3/b24-18+/t44-,45+,46+,49-,50-,51?,52?,53?,54?,55+,56+/m1/s1. The van der Waals surface area contributed by atoms with Crippen LogP contribution in [0.25, 0.3) is 0 Å². The fraction of sp³-hybridized carbons (Fsp3) is 0.929. The van der Waals surface area contributed by atoms with Gasteiger partial charge in [-0.2, -0.15) is 0 Å². The normalized spacial score (nSPS) is 25.2. The largest absolute Gasteiger partial charge is 0.462 e. The number of unbranched alkanes of at least 4 members (excludes halogenated alkanes) is 30. The first-order valence-corrected chi connectivity index (χ1v) is 28.8. The van der Waals surface area contributed by atoms with E-state index < -0.39 is 92.7 Å². The molecule has 15 heteroatoms. The van der Waals surface area contributed by atoms with Gasteiger partial charge in [-0.15, -0.1) is 0 Å². The lowest BCUT2D eigenvalue weighted by molar-refractivity contribution is -0.332. The van der Waals surface area contributed by atoms with Crippen molar-refractivity contribution in [2.24, 2.45) is 0 Å². The second-order valence-electron chi connectivity index (χ2n) is 20.5. The van der Waals surface area contributed by atoms with Gasteiger partial charge < -0.3 is 64.2 Å². The number of esters is 2. The smallest absolute Gasteiger partial charge is 0.306 e. The third-order valence-electron chi connectivity index (χ3n) is 14.0. The van der Waals surface area contributed by atoms with Crippen LogP contribution in [0.3, 0.4) is 0 Å². The molecule has 2 aliphatic rings. The number of hydrogen-bond donors (Lipinski definition) is 7. The summed E-state index contributed by atoms with van der Waals surface area (Å²) in [6.45, 7) is 2.62. The Hall–Kier alpha value is -1.76. The number of ether oxygens (including phenoxy) is 6. The predicted octanol–water partition coefficient (Wildman–Crippen LogP) is 9.33. The maximum Gasteiger partial charge on any atom is 0.306 e. The molecule has 0 aromatic carbocycles. The van der Waals surface area contributed by atoms with Crippen molar-refractivity contribution in [3.63, 3.8) is 0 Å². The lowest BCUT2D eigenvalue weighted by atomic mass is 9.98. The number of carbonyl (C=O) groups excluding carboxylic acids is 2. The molecule has 4 unspecified atom stereocenters. The number of allylic oxidation sites excluding steroid dienone is 2. The molecular formula is C56H104O15. The van der Waals surface area contributed by atoms with Crippen molar-refractivity contribution >= 4 is 11.9 Å². The summed E-state index contributed by atoms with van der Waals surface area (Å²) in [6.07, 6.45) is 28.0. The first-order valence-electron chi connectivity index (χ1n) is 28.8. The van der Waals surface area contributed by atoms with Crippen LogP contribution in [0.5, 0.6) is 0 Å². The minimum absolute atomic E-state index is 0.170. The third-order valence-corrected chi connectivity index (χ3v) is 14.0. The number of carbonyl (C=O) groups is 2. The maximum atomic E-state index is 13.1. The summed E-state index contributed by atoms with van der Waals surface area (Å²) in [7, 11) is 0. The van der Waals surface area contributed by atoms with Gasteiger partial charge in [0.05, 0.1) is 19.8 Å². The monoisotopic (exact) mass is 1020 g/mol. The average Bonchev–Trinajstić information content (AvgIpc) is 3.36. The molecule has 7 N–H and O–H groups in total. The first-order chi connectivity index (χ1) is 34.5. The molecule has 0 spiro atoms. The second kappa shape index (κ2) is 43.5. The molecule has 2 aliphatic heterocycles. The van der Waals surface area contributed by atoms with Gasteiger partial charge in [0, 0.05) is 12.8 Å². The SMILES string of the molecule is CCCCCCCC/C=C/CCCCCCCC(=O)OC[C@H](CO[C@H]1O[C@@H](CO[C@H]2O[C@@H](CO)[C@@H](O)C(O)C2O)[C@@H](O)C(O)C1O)OC(=O)CCCCCCCCCCCCCCCCCCCCCC. The number of aliphatic hydroxyl groups excluding tert-OH is 7. The van der Waals surface area contributed by atoms with Crippen molar-refractivity contribution in [1.82, 2.24) is 0 Å². The Morgan fingerprint density at radius 2 is 0.803 bits per heavy atom. The molecule has 0 bridgehead atoms. The Labute approximate surface area is 429 Å². The van der Waals surface area contributed by atoms with Crippen molar-refractivity contribution in [1.29, 1.82) is 0 Å². The summed E-state index contributed by atoms with van der Waals surface area (Å²) in [4.78, 5) is 25.9. The highest BCUT2D eigenvalue weighted by molar-refractivity contribution is 5.70. The average molecular weight is 1020 g/mol. The minimum atomic E-state index is -1.76. The van der Waals surface area contributed by atoms with E-state index >= 15 is 0 Å². The molecule has 11 atom stereocenters. The summed E-state index contributed by atoms with van der Waals surface area (Å²) in [5, 5.41) is 72.2. The van der Waals surface area contributed by atoms with Crippen molar-refractivity contribution in [3.05, 3.63) is 12.2 Å². The molecule has 0 radical (unpaired) electrons. The van der Waals surface area contributed by atoms with Crippen LogP contribution in [-0.4, -0.2) is 142 Å². The van der Waals surface area contributed by atoms with Gasteiger partial charge >= 0.3 is 11.9 Å². The Morgan fingerprint density at radius 3 is 1.24 bits per heavy atom. The molecule has 71 heavy (non-hydrogen) atoms. The Balaban J connectivity index is 1.75. The van der Waals surface area contributed by atoms with Gasteiger partial charge in [-0.1, -0.05) is 199 Å². The Bertz CT molecular complexity index is 1290. The molecule has 2 saturated heterocycles. The summed E-state index contributed by atoms with van der Waals surface area (Å²) >= 11 is 0. The van der Waals surface area contributed by atoms with Crippen LogP contribution in [-0.2, 0) is 38.0 Å². The van der Waals surface area contributed by atoms with E-state index in [0.29, 0.717) is 12.8 Å². The number of rotatable bonds is 46. The quantitative estimate of drug-likeness (QED) is 0.0171. The van der Waals surface area contributed by atoms with E-state index in [0.717, 1.165) is 57.8 Å². The van der Waals surface area contributed by atoms with E-state index in [1.807, 2.05) is 0 Å². The van der Waals surface area contributed by atoms with Gasteiger partial charge in [-0.3, -0.25) is 9.59 Å². The molecule has 0 aromatic rings. The molecule has 0 saturated carbocycles. The highest BCUT2D eigenvalue weighted by Crippen LogP contribution is 2.27. The van der Waals surface area contributed by atoms with Crippen molar-refractivity contribution in [2.45, 2.75) is 306 Å². The van der Waals surface area contributed by atoms with Crippen LogP contribution in [0, 0.1) is 0 Å². The minimum Gasteiger partial charge on any atom is -0.462 e. The predicted molar refractivity (Wildman–Crippen MR) is 275 cm³/mol. The zero-order chi connectivity index (χ0) is 51.7. The molecule has 418 valence electrons. The molecule has 2 fully saturated rings. The zero-order valence-electron chi connectivity index (χ0n) is 44.5. The molecule has 0 aliphatic carbocycles. The van der Waals surface area contributed by atoms with Crippen LogP contribution < -0.4 is 0 Å². The lowest BCUT2D eigenvalue weighted by Crippen LogP contribution is -2.61. The highest BCUT2D eigenvalue weighted by Gasteiger charge is 2.47. The van der Waals surface area contributed by atoms with Crippen molar-refractivity contribution < 1.29 is 73.8 Å². The van der Waals surface area contributed by atoms with Crippen LogP contribution in [0.15, 0.2) is 12.2 Å². The summed E-state index contributed by atoms with van der Waals surface area (Å²) in [5.74, 6) is -0.920. The van der Waals surface area contributed by atoms with E-state index in [1.54, 1.807) is 0 Å². The molecule has 2 heterocycles. The summed E-state index contributed by atoms with van der Waals surface area (Å²) in [6, 6.07) is 0. The molecule has 0 amide bonds. The molecule has 15 nitrogen and oxygen atoms in total. The van der Waals surface area contributed by atoms with Gasteiger partial charge in [-0.25, -0.2) is 0 Å². The molecule has 2 rings (SSSR count). The lowest BCUT2D eigenvalue weighted by Gasteiger charge is -2.42. The molecule has 0 aromatic heterocycles. The van der Waals surface area contributed by atoms with Gasteiger partial charge in [0.1, 0.15) is 55.4 Å². The second-order valence-corrected chi connectivity index (χ2v) is 20.5. The zero-order valence-corrected chi connectivity index (χ0v) is 44.5. The number of hydrogen-bond acceptors (Lipinski definition) is 15. The van der Waals surface area contributed by atoms with Gasteiger partial charge in [0.25, 0.3) is 0 Å². The fourth-order valence-electron chi connectivity index (χ4n) is 9.27. The highest BCUT2D eigenvalue weighted by atomic mass is 16.7. The van der Waals surface area contributed by atoms with E-state index in [2.05, 4.69) is 26.0 Å². The Kier molecular flexibility index (Phi) is 40.0. The van der Waals surface area contributed by atoms with Crippen LogP contribution in [0.1, 0.15) is 239 Å². The van der Waals surface area contributed by atoms with E-state index in [1.165, 1.54) is 141 Å². The summed E-state index contributed by atoms with van der Waals surface area (Å²) < 4.78 is 33.7. The molecular weight excluding hydrogens is 913 g/mol. The van der Waals surface area contributed by atoms with Crippen LogP contribution in [0.4, 0.5) is 0 Å². The fourth-order valence-corrected chi connectivity index (χ4v) is 9.27.